The van der Waals surface area contributed by atoms with Crippen LogP contribution in [0.5, 0.6) is 0 Å². The molecule has 0 bridgehead atoms. The van der Waals surface area contributed by atoms with Crippen molar-refractivity contribution in [2.45, 2.75) is 37.1 Å². The van der Waals surface area contributed by atoms with Crippen molar-refractivity contribution in [2.75, 3.05) is 27.3 Å². The number of hydrogen-bond acceptors (Lipinski definition) is 5. The highest BCUT2D eigenvalue weighted by molar-refractivity contribution is 5.98. The number of hydrogen-bond donors (Lipinski definition) is 1. The number of likely N-dealkylation sites (N-methyl/N-ethyl adjacent to an activating group) is 1. The van der Waals surface area contributed by atoms with E-state index in [0.717, 1.165) is 25.0 Å². The molecule has 1 saturated carbocycles. The summed E-state index contributed by atoms with van der Waals surface area (Å²) >= 11 is 0. The van der Waals surface area contributed by atoms with Gasteiger partial charge in [0.25, 0.3) is 5.91 Å². The average molecular weight is 307 g/mol. The molecular weight excluding hydrogens is 286 g/mol. The summed E-state index contributed by atoms with van der Waals surface area (Å²) in [6.07, 6.45) is 3.52. The molecule has 0 aromatic carbocycles. The Morgan fingerprint density at radius 1 is 1.55 bits per heavy atom. The number of rotatable bonds is 5. The van der Waals surface area contributed by atoms with Crippen molar-refractivity contribution in [2.24, 2.45) is 0 Å². The highest BCUT2D eigenvalue weighted by atomic mass is 16.5. The first-order valence-corrected chi connectivity index (χ1v) is 7.62. The average Bonchev–Trinajstić information content (AvgIpc) is 3.11. The molecule has 7 nitrogen and oxygen atoms in total. The fourth-order valence-corrected chi connectivity index (χ4v) is 3.19. The van der Waals surface area contributed by atoms with E-state index < -0.39 is 5.54 Å². The summed E-state index contributed by atoms with van der Waals surface area (Å²) in [4.78, 5) is 26.7. The second kappa shape index (κ2) is 5.72. The van der Waals surface area contributed by atoms with Gasteiger partial charge in [0.1, 0.15) is 5.54 Å². The van der Waals surface area contributed by atoms with Gasteiger partial charge in [-0.1, -0.05) is 5.16 Å². The fraction of sp³-hybridized carbons (Fsp3) is 0.667. The zero-order chi connectivity index (χ0) is 15.7. The number of methoxy groups -OCH3 is 1. The van der Waals surface area contributed by atoms with Crippen LogP contribution in [0.4, 0.5) is 0 Å². The van der Waals surface area contributed by atoms with Gasteiger partial charge in [-0.25, -0.2) is 0 Å². The highest BCUT2D eigenvalue weighted by Crippen LogP contribution is 2.40. The summed E-state index contributed by atoms with van der Waals surface area (Å²) in [6, 6.07) is 1.71. The zero-order valence-corrected chi connectivity index (χ0v) is 12.9. The van der Waals surface area contributed by atoms with E-state index in [1.54, 1.807) is 18.0 Å². The number of likely N-dealkylation sites (tertiary alicyclic amines) is 1. The second-order valence-electron chi connectivity index (χ2n) is 5.99. The molecule has 1 aliphatic carbocycles. The largest absolute Gasteiger partial charge is 0.382 e. The number of nitrogens with one attached hydrogen (secondary N) is 1. The van der Waals surface area contributed by atoms with E-state index in [2.05, 4.69) is 10.5 Å². The van der Waals surface area contributed by atoms with Crippen molar-refractivity contribution in [1.82, 2.24) is 15.4 Å². The SMILES string of the molecule is CNC(=O)C1(COC)CCCN1C(=O)c1cc(C2CC2)no1. The van der Waals surface area contributed by atoms with E-state index in [0.29, 0.717) is 18.9 Å². The van der Waals surface area contributed by atoms with Gasteiger partial charge in [0, 0.05) is 32.7 Å². The van der Waals surface area contributed by atoms with Gasteiger partial charge in [-0.3, -0.25) is 9.59 Å². The van der Waals surface area contributed by atoms with Crippen LogP contribution < -0.4 is 5.32 Å². The molecule has 0 radical (unpaired) electrons. The summed E-state index contributed by atoms with van der Waals surface area (Å²) in [5.41, 5.74) is -0.132. The summed E-state index contributed by atoms with van der Waals surface area (Å²) in [5, 5.41) is 6.62. The molecule has 2 aliphatic rings. The maximum atomic E-state index is 12.8. The summed E-state index contributed by atoms with van der Waals surface area (Å²) in [7, 11) is 3.10. The maximum Gasteiger partial charge on any atom is 0.293 e. The van der Waals surface area contributed by atoms with Gasteiger partial charge >= 0.3 is 0 Å². The lowest BCUT2D eigenvalue weighted by molar-refractivity contribution is -0.133. The maximum absolute atomic E-state index is 12.8. The van der Waals surface area contributed by atoms with Crippen LogP contribution in [0.15, 0.2) is 10.6 Å². The third kappa shape index (κ3) is 2.39. The van der Waals surface area contributed by atoms with Crippen LogP contribution in [0.3, 0.4) is 0 Å². The second-order valence-corrected chi connectivity index (χ2v) is 5.99. The number of nitrogens with zero attached hydrogens (tertiary/aromatic N) is 2. The van der Waals surface area contributed by atoms with Crippen LogP contribution in [-0.2, 0) is 9.53 Å². The van der Waals surface area contributed by atoms with Gasteiger partial charge in [0.15, 0.2) is 0 Å². The Morgan fingerprint density at radius 3 is 2.95 bits per heavy atom. The molecule has 1 aliphatic heterocycles. The number of ether oxygens (including phenoxy) is 1. The molecule has 1 unspecified atom stereocenters. The fourth-order valence-electron chi connectivity index (χ4n) is 3.19. The first-order chi connectivity index (χ1) is 10.6. The van der Waals surface area contributed by atoms with Gasteiger partial charge in [-0.15, -0.1) is 0 Å². The monoisotopic (exact) mass is 307 g/mol. The van der Waals surface area contributed by atoms with E-state index in [9.17, 15) is 9.59 Å². The number of aromatic nitrogens is 1. The van der Waals surface area contributed by atoms with Gasteiger partial charge in [-0.2, -0.15) is 0 Å². The van der Waals surface area contributed by atoms with Gasteiger partial charge in [-0.05, 0) is 25.7 Å². The molecule has 1 aromatic rings. The Hall–Kier alpha value is -1.89. The van der Waals surface area contributed by atoms with E-state index >= 15 is 0 Å². The Balaban J connectivity index is 1.86. The van der Waals surface area contributed by atoms with Gasteiger partial charge in [0.2, 0.25) is 11.7 Å². The highest BCUT2D eigenvalue weighted by Gasteiger charge is 2.50. The van der Waals surface area contributed by atoms with Gasteiger partial charge in [0.05, 0.1) is 12.3 Å². The summed E-state index contributed by atoms with van der Waals surface area (Å²) < 4.78 is 10.4. The topological polar surface area (TPSA) is 84.7 Å². The van der Waals surface area contributed by atoms with Crippen LogP contribution in [0.1, 0.15) is 47.8 Å². The molecule has 2 amide bonds. The van der Waals surface area contributed by atoms with Crippen LogP contribution in [0, 0.1) is 0 Å². The number of amides is 2. The van der Waals surface area contributed by atoms with E-state index in [1.165, 1.54) is 7.11 Å². The minimum atomic E-state index is -0.965. The molecule has 1 N–H and O–H groups in total. The first-order valence-electron chi connectivity index (χ1n) is 7.62. The molecule has 1 saturated heterocycles. The van der Waals surface area contributed by atoms with Crippen LogP contribution in [0.25, 0.3) is 0 Å². The smallest absolute Gasteiger partial charge is 0.293 e. The molecule has 1 aromatic heterocycles. The van der Waals surface area contributed by atoms with Gasteiger partial charge < -0.3 is 19.5 Å². The third-order valence-corrected chi connectivity index (χ3v) is 4.50. The predicted molar refractivity (Wildman–Crippen MR) is 77.4 cm³/mol. The number of carbonyl (C=O) groups is 2. The summed E-state index contributed by atoms with van der Waals surface area (Å²) in [6.45, 7) is 0.678. The predicted octanol–water partition coefficient (Wildman–Crippen LogP) is 0.919. The molecule has 120 valence electrons. The molecule has 22 heavy (non-hydrogen) atoms. The molecule has 0 spiro atoms. The summed E-state index contributed by atoms with van der Waals surface area (Å²) in [5.74, 6) is 0.124. The zero-order valence-electron chi connectivity index (χ0n) is 12.9. The Labute approximate surface area is 129 Å². The lowest BCUT2D eigenvalue weighted by Gasteiger charge is -2.35. The Bertz CT molecular complexity index is 581. The molecule has 7 heteroatoms. The van der Waals surface area contributed by atoms with Crippen molar-refractivity contribution < 1.29 is 18.8 Å². The Morgan fingerprint density at radius 2 is 2.32 bits per heavy atom. The molecular formula is C15H21N3O4. The van der Waals surface area contributed by atoms with E-state index in [1.807, 2.05) is 0 Å². The minimum Gasteiger partial charge on any atom is -0.382 e. The van der Waals surface area contributed by atoms with Crippen LogP contribution in [0.2, 0.25) is 0 Å². The van der Waals surface area contributed by atoms with E-state index in [-0.39, 0.29) is 24.2 Å². The normalized spacial score (nSPS) is 24.5. The Kier molecular flexibility index (Phi) is 3.90. The lowest BCUT2D eigenvalue weighted by atomic mass is 9.95. The molecule has 3 rings (SSSR count). The quantitative estimate of drug-likeness (QED) is 0.874. The van der Waals surface area contributed by atoms with Crippen molar-refractivity contribution >= 4 is 11.8 Å². The number of carbonyl (C=O) groups excluding carboxylic acids is 2. The van der Waals surface area contributed by atoms with Crippen molar-refractivity contribution in [1.29, 1.82) is 0 Å². The van der Waals surface area contributed by atoms with Crippen LogP contribution >= 0.6 is 0 Å². The first kappa shape index (κ1) is 15.0. The third-order valence-electron chi connectivity index (χ3n) is 4.50. The minimum absolute atomic E-state index is 0.169. The van der Waals surface area contributed by atoms with Crippen molar-refractivity contribution in [3.63, 3.8) is 0 Å². The molecule has 2 fully saturated rings. The molecule has 2 heterocycles. The van der Waals surface area contributed by atoms with E-state index in [4.69, 9.17) is 9.26 Å². The van der Waals surface area contributed by atoms with Crippen molar-refractivity contribution in [3.8, 4) is 0 Å². The molecule has 1 atom stereocenters. The van der Waals surface area contributed by atoms with Crippen LogP contribution in [-0.4, -0.2) is 54.7 Å². The standard InChI is InChI=1S/C15H21N3O4/c1-16-14(20)15(9-21-2)6-3-7-18(15)13(19)12-8-11(17-22-12)10-4-5-10/h8,10H,3-7,9H2,1-2H3,(H,16,20). The van der Waals surface area contributed by atoms with Crippen molar-refractivity contribution in [3.05, 3.63) is 17.5 Å². The lowest BCUT2D eigenvalue weighted by Crippen LogP contribution is -2.59.